The number of nitrogens with one attached hydrogen (secondary N) is 1. The van der Waals surface area contributed by atoms with Gasteiger partial charge in [0.25, 0.3) is 0 Å². The van der Waals surface area contributed by atoms with Gasteiger partial charge in [0, 0.05) is 0 Å². The number of esters is 1. The molecule has 3 N–H and O–H groups in total. The average Bonchev–Trinajstić information content (AvgIpc) is 2.36. The van der Waals surface area contributed by atoms with Crippen LogP contribution in [0.5, 0.6) is 0 Å². The Hall–Kier alpha value is -1.92. The fraction of sp³-hybridized carbons (Fsp3) is 0.429. The van der Waals surface area contributed by atoms with Crippen molar-refractivity contribution in [2.45, 2.75) is 38.8 Å². The standard InChI is InChI=1S/C14H20N2O4/c1-14(2,3)20-16-13(18)19-12(17)11(15)9-10-7-5-4-6-8-10/h4-8,11H,9,15H2,1-3H3,(H,16,18). The van der Waals surface area contributed by atoms with Gasteiger partial charge in [0.15, 0.2) is 0 Å². The quantitative estimate of drug-likeness (QED) is 0.496. The highest BCUT2D eigenvalue weighted by Crippen LogP contribution is 2.05. The molecule has 0 aromatic heterocycles. The van der Waals surface area contributed by atoms with E-state index in [-0.39, 0.29) is 0 Å². The lowest BCUT2D eigenvalue weighted by Crippen LogP contribution is -2.40. The molecular weight excluding hydrogens is 260 g/mol. The number of hydrogen-bond donors (Lipinski definition) is 2. The number of hydrogen-bond acceptors (Lipinski definition) is 5. The average molecular weight is 280 g/mol. The van der Waals surface area contributed by atoms with Gasteiger partial charge in [-0.3, -0.25) is 4.84 Å². The van der Waals surface area contributed by atoms with E-state index in [9.17, 15) is 9.59 Å². The summed E-state index contributed by atoms with van der Waals surface area (Å²) in [5, 5.41) is 0. The summed E-state index contributed by atoms with van der Waals surface area (Å²) in [7, 11) is 0. The minimum atomic E-state index is -0.978. The van der Waals surface area contributed by atoms with Gasteiger partial charge in [-0.05, 0) is 32.8 Å². The van der Waals surface area contributed by atoms with E-state index in [1.54, 1.807) is 20.8 Å². The summed E-state index contributed by atoms with van der Waals surface area (Å²) >= 11 is 0. The van der Waals surface area contributed by atoms with Crippen LogP contribution in [-0.4, -0.2) is 23.7 Å². The van der Waals surface area contributed by atoms with Crippen molar-refractivity contribution in [3.8, 4) is 0 Å². The Morgan fingerprint density at radius 3 is 2.40 bits per heavy atom. The maximum atomic E-state index is 11.6. The van der Waals surface area contributed by atoms with E-state index in [0.717, 1.165) is 5.56 Å². The molecule has 0 radical (unpaired) electrons. The molecule has 0 heterocycles. The SMILES string of the molecule is CC(C)(C)ONC(=O)OC(=O)C(N)Cc1ccccc1. The van der Waals surface area contributed by atoms with E-state index in [1.165, 1.54) is 0 Å². The van der Waals surface area contributed by atoms with Crippen LogP contribution in [0, 0.1) is 0 Å². The third-order valence-corrected chi connectivity index (χ3v) is 2.24. The summed E-state index contributed by atoms with van der Waals surface area (Å²) in [5.74, 6) is -0.802. The molecule has 0 fully saturated rings. The summed E-state index contributed by atoms with van der Waals surface area (Å²) in [4.78, 5) is 27.9. The Kier molecular flexibility index (Phi) is 5.66. The molecule has 0 aliphatic heterocycles. The van der Waals surface area contributed by atoms with Crippen molar-refractivity contribution in [3.63, 3.8) is 0 Å². The Morgan fingerprint density at radius 2 is 1.85 bits per heavy atom. The second-order valence-corrected chi connectivity index (χ2v) is 5.32. The minimum Gasteiger partial charge on any atom is -0.374 e. The van der Waals surface area contributed by atoms with Crippen LogP contribution in [0.25, 0.3) is 0 Å². The highest BCUT2D eigenvalue weighted by atomic mass is 16.7. The first-order valence-corrected chi connectivity index (χ1v) is 6.27. The van der Waals surface area contributed by atoms with Crippen LogP contribution in [0.2, 0.25) is 0 Å². The van der Waals surface area contributed by atoms with Crippen molar-refractivity contribution in [2.75, 3.05) is 0 Å². The van der Waals surface area contributed by atoms with E-state index < -0.39 is 23.7 Å². The number of carbonyl (C=O) groups is 2. The van der Waals surface area contributed by atoms with Gasteiger partial charge in [-0.25, -0.2) is 9.59 Å². The van der Waals surface area contributed by atoms with Gasteiger partial charge in [-0.1, -0.05) is 30.3 Å². The smallest absolute Gasteiger partial charge is 0.374 e. The first kappa shape index (κ1) is 16.1. The number of rotatable bonds is 4. The van der Waals surface area contributed by atoms with Crippen LogP contribution < -0.4 is 11.2 Å². The van der Waals surface area contributed by atoms with Gasteiger partial charge in [-0.15, -0.1) is 0 Å². The van der Waals surface area contributed by atoms with Crippen LogP contribution in [0.4, 0.5) is 4.79 Å². The predicted molar refractivity (Wildman–Crippen MR) is 73.6 cm³/mol. The molecule has 110 valence electrons. The lowest BCUT2D eigenvalue weighted by Gasteiger charge is -2.18. The summed E-state index contributed by atoms with van der Waals surface area (Å²) in [6.45, 7) is 5.24. The van der Waals surface area contributed by atoms with Crippen molar-refractivity contribution in [2.24, 2.45) is 5.73 Å². The molecule has 0 saturated carbocycles. The topological polar surface area (TPSA) is 90.6 Å². The maximum Gasteiger partial charge on any atom is 0.439 e. The van der Waals surface area contributed by atoms with Crippen LogP contribution in [0.1, 0.15) is 26.3 Å². The lowest BCUT2D eigenvalue weighted by molar-refractivity contribution is -0.141. The number of ether oxygens (including phenoxy) is 1. The van der Waals surface area contributed by atoms with Gasteiger partial charge < -0.3 is 10.5 Å². The monoisotopic (exact) mass is 280 g/mol. The lowest BCUT2D eigenvalue weighted by atomic mass is 10.1. The summed E-state index contributed by atoms with van der Waals surface area (Å²) in [6, 6.07) is 8.34. The Morgan fingerprint density at radius 1 is 1.25 bits per heavy atom. The minimum absolute atomic E-state index is 0.299. The largest absolute Gasteiger partial charge is 0.439 e. The molecule has 1 aromatic carbocycles. The zero-order valence-corrected chi connectivity index (χ0v) is 11.9. The number of amides is 1. The second kappa shape index (κ2) is 7.02. The number of hydroxylamine groups is 1. The fourth-order valence-corrected chi connectivity index (χ4v) is 1.33. The molecule has 1 aromatic rings. The molecule has 20 heavy (non-hydrogen) atoms. The van der Waals surface area contributed by atoms with Gasteiger partial charge in [0.05, 0.1) is 5.60 Å². The zero-order chi connectivity index (χ0) is 15.2. The molecular formula is C14H20N2O4. The molecule has 0 spiro atoms. The number of carbonyl (C=O) groups excluding carboxylic acids is 2. The second-order valence-electron chi connectivity index (χ2n) is 5.32. The molecule has 0 bridgehead atoms. The zero-order valence-electron chi connectivity index (χ0n) is 11.9. The van der Waals surface area contributed by atoms with Gasteiger partial charge in [0.2, 0.25) is 0 Å². The van der Waals surface area contributed by atoms with E-state index in [4.69, 9.17) is 10.6 Å². The van der Waals surface area contributed by atoms with Crippen molar-refractivity contribution in [1.82, 2.24) is 5.48 Å². The third kappa shape index (κ3) is 6.31. The molecule has 0 aliphatic carbocycles. The first-order chi connectivity index (χ1) is 9.28. The number of benzene rings is 1. The molecule has 0 saturated heterocycles. The van der Waals surface area contributed by atoms with Crippen LogP contribution in [0.3, 0.4) is 0 Å². The fourth-order valence-electron chi connectivity index (χ4n) is 1.33. The van der Waals surface area contributed by atoms with Gasteiger partial charge >= 0.3 is 12.1 Å². The first-order valence-electron chi connectivity index (χ1n) is 6.27. The van der Waals surface area contributed by atoms with E-state index in [0.29, 0.717) is 6.42 Å². The van der Waals surface area contributed by atoms with Crippen molar-refractivity contribution >= 4 is 12.1 Å². The summed E-state index contributed by atoms with van der Waals surface area (Å²) in [5.41, 5.74) is 8.04. The van der Waals surface area contributed by atoms with E-state index in [2.05, 4.69) is 4.74 Å². The third-order valence-electron chi connectivity index (χ3n) is 2.24. The van der Waals surface area contributed by atoms with Crippen molar-refractivity contribution in [1.29, 1.82) is 0 Å². The van der Waals surface area contributed by atoms with Gasteiger partial charge in [0.1, 0.15) is 6.04 Å². The Bertz CT molecular complexity index is 454. The van der Waals surface area contributed by atoms with Crippen LogP contribution in [0.15, 0.2) is 30.3 Å². The number of nitrogens with two attached hydrogens (primary N) is 1. The molecule has 1 unspecified atom stereocenters. The van der Waals surface area contributed by atoms with Crippen LogP contribution >= 0.6 is 0 Å². The highest BCUT2D eigenvalue weighted by Gasteiger charge is 2.20. The maximum absolute atomic E-state index is 11.6. The molecule has 6 nitrogen and oxygen atoms in total. The van der Waals surface area contributed by atoms with Gasteiger partial charge in [-0.2, -0.15) is 5.48 Å². The summed E-state index contributed by atoms with van der Waals surface area (Å²) in [6.07, 6.45) is -0.680. The highest BCUT2D eigenvalue weighted by molar-refractivity contribution is 5.87. The molecule has 1 amide bonds. The Balaban J connectivity index is 2.40. The van der Waals surface area contributed by atoms with Crippen LogP contribution in [-0.2, 0) is 20.8 Å². The van der Waals surface area contributed by atoms with E-state index in [1.807, 2.05) is 35.8 Å². The van der Waals surface area contributed by atoms with Crippen molar-refractivity contribution < 1.29 is 19.2 Å². The molecule has 0 aliphatic rings. The predicted octanol–water partition coefficient (Wildman–Crippen LogP) is 1.54. The summed E-state index contributed by atoms with van der Waals surface area (Å²) < 4.78 is 4.54. The molecule has 1 rings (SSSR count). The normalized spacial score (nSPS) is 12.6. The molecule has 6 heteroatoms. The van der Waals surface area contributed by atoms with Crippen molar-refractivity contribution in [3.05, 3.63) is 35.9 Å². The van der Waals surface area contributed by atoms with E-state index >= 15 is 0 Å². The Labute approximate surface area is 118 Å². The molecule has 1 atom stereocenters.